The highest BCUT2D eigenvalue weighted by molar-refractivity contribution is 5.78. The second-order valence-corrected chi connectivity index (χ2v) is 6.94. The van der Waals surface area contributed by atoms with Crippen LogP contribution < -0.4 is 14.8 Å². The lowest BCUT2D eigenvalue weighted by Gasteiger charge is -2.26. The molecule has 1 aromatic carbocycles. The number of fused-ring (bicyclic) bond motifs is 1. The maximum Gasteiger partial charge on any atom is 0.234 e. The molecule has 1 atom stereocenters. The van der Waals surface area contributed by atoms with E-state index >= 15 is 0 Å². The second-order valence-electron chi connectivity index (χ2n) is 6.94. The predicted octanol–water partition coefficient (Wildman–Crippen LogP) is 3.00. The van der Waals surface area contributed by atoms with E-state index in [9.17, 15) is 4.79 Å². The normalized spacial score (nSPS) is 14.5. The van der Waals surface area contributed by atoms with Crippen LogP contribution in [0, 0.1) is 5.92 Å². The second kappa shape index (κ2) is 8.27. The molecule has 6 nitrogen and oxygen atoms in total. The van der Waals surface area contributed by atoms with E-state index in [1.165, 1.54) is 0 Å². The Morgan fingerprint density at radius 2 is 1.96 bits per heavy atom. The molecule has 1 amide bonds. The molecule has 2 heterocycles. The number of rotatable bonds is 7. The Morgan fingerprint density at radius 3 is 2.65 bits per heavy atom. The summed E-state index contributed by atoms with van der Waals surface area (Å²) >= 11 is 0. The Labute approximate surface area is 154 Å². The van der Waals surface area contributed by atoms with Crippen LogP contribution in [-0.4, -0.2) is 37.6 Å². The Bertz CT molecular complexity index is 727. The van der Waals surface area contributed by atoms with Gasteiger partial charge in [0.2, 0.25) is 5.91 Å². The summed E-state index contributed by atoms with van der Waals surface area (Å²) in [5.41, 5.74) is 1.02. The Hall–Kier alpha value is -2.47. The monoisotopic (exact) mass is 358 g/mol. The average molecular weight is 358 g/mol. The number of nitrogens with zero attached hydrogens (tertiary/aromatic N) is 1. The molecule has 0 bridgehead atoms. The molecule has 0 saturated heterocycles. The third-order valence-electron chi connectivity index (χ3n) is 4.33. The molecule has 3 rings (SSSR count). The highest BCUT2D eigenvalue weighted by Crippen LogP contribution is 2.34. The van der Waals surface area contributed by atoms with Crippen molar-refractivity contribution in [3.63, 3.8) is 0 Å². The lowest BCUT2D eigenvalue weighted by atomic mass is 9.95. The van der Waals surface area contributed by atoms with Crippen molar-refractivity contribution >= 4 is 5.91 Å². The molecule has 2 aromatic rings. The molecule has 6 heteroatoms. The summed E-state index contributed by atoms with van der Waals surface area (Å²) in [5, 5.41) is 3.14. The molecule has 26 heavy (non-hydrogen) atoms. The van der Waals surface area contributed by atoms with Gasteiger partial charge in [0.25, 0.3) is 0 Å². The SMILES string of the molecule is CC(C)[C@H](NC(=O)CN(C)Cc1ccco1)c1ccc2c(c1)OCCO2. The third kappa shape index (κ3) is 4.58. The van der Waals surface area contributed by atoms with Gasteiger partial charge in [0.1, 0.15) is 19.0 Å². The number of hydrogen-bond acceptors (Lipinski definition) is 5. The van der Waals surface area contributed by atoms with Crippen molar-refractivity contribution in [1.29, 1.82) is 0 Å². The molecule has 1 N–H and O–H groups in total. The van der Waals surface area contributed by atoms with Gasteiger partial charge >= 0.3 is 0 Å². The fraction of sp³-hybridized carbons (Fsp3) is 0.450. The van der Waals surface area contributed by atoms with Crippen molar-refractivity contribution in [2.75, 3.05) is 26.8 Å². The van der Waals surface area contributed by atoms with Crippen molar-refractivity contribution < 1.29 is 18.7 Å². The molecule has 0 saturated carbocycles. The van der Waals surface area contributed by atoms with Crippen molar-refractivity contribution in [2.24, 2.45) is 5.92 Å². The van der Waals surface area contributed by atoms with Gasteiger partial charge in [0, 0.05) is 0 Å². The number of amides is 1. The zero-order chi connectivity index (χ0) is 18.5. The van der Waals surface area contributed by atoms with Crippen LogP contribution in [-0.2, 0) is 11.3 Å². The van der Waals surface area contributed by atoms with E-state index < -0.39 is 0 Å². The third-order valence-corrected chi connectivity index (χ3v) is 4.33. The first-order valence-corrected chi connectivity index (χ1v) is 8.93. The van der Waals surface area contributed by atoms with E-state index in [2.05, 4.69) is 19.2 Å². The van der Waals surface area contributed by atoms with Gasteiger partial charge in [-0.3, -0.25) is 9.69 Å². The summed E-state index contributed by atoms with van der Waals surface area (Å²) in [6, 6.07) is 9.53. The number of ether oxygens (including phenoxy) is 2. The fourth-order valence-corrected chi connectivity index (χ4v) is 3.08. The van der Waals surface area contributed by atoms with Gasteiger partial charge in [0.05, 0.1) is 25.4 Å². The molecule has 140 valence electrons. The van der Waals surface area contributed by atoms with E-state index in [4.69, 9.17) is 13.9 Å². The largest absolute Gasteiger partial charge is 0.486 e. The molecular formula is C20H26N2O4. The van der Waals surface area contributed by atoms with Gasteiger partial charge in [-0.1, -0.05) is 19.9 Å². The van der Waals surface area contributed by atoms with Gasteiger partial charge < -0.3 is 19.2 Å². The summed E-state index contributed by atoms with van der Waals surface area (Å²) in [6.07, 6.45) is 1.64. The van der Waals surface area contributed by atoms with Gasteiger partial charge in [-0.15, -0.1) is 0 Å². The van der Waals surface area contributed by atoms with Gasteiger partial charge in [0.15, 0.2) is 11.5 Å². The lowest BCUT2D eigenvalue weighted by Crippen LogP contribution is -2.38. The number of carbonyl (C=O) groups is 1. The van der Waals surface area contributed by atoms with Gasteiger partial charge in [-0.2, -0.15) is 0 Å². The van der Waals surface area contributed by atoms with Crippen molar-refractivity contribution in [2.45, 2.75) is 26.4 Å². The fourth-order valence-electron chi connectivity index (χ4n) is 3.08. The zero-order valence-electron chi connectivity index (χ0n) is 15.5. The van der Waals surface area contributed by atoms with Crippen LogP contribution in [0.25, 0.3) is 0 Å². The maximum atomic E-state index is 12.5. The molecule has 1 aliphatic heterocycles. The van der Waals surface area contributed by atoms with E-state index in [-0.39, 0.29) is 17.9 Å². The Balaban J connectivity index is 1.63. The standard InChI is InChI=1S/C20H26N2O4/c1-14(2)20(15-6-7-17-18(11-15)26-10-9-25-17)21-19(23)13-22(3)12-16-5-4-8-24-16/h4-8,11,14,20H,9-10,12-13H2,1-3H3,(H,21,23)/t20-/m0/s1. The van der Waals surface area contributed by atoms with Crippen LogP contribution in [0.5, 0.6) is 11.5 Å². The molecular weight excluding hydrogens is 332 g/mol. The van der Waals surface area contributed by atoms with Gasteiger partial charge in [-0.25, -0.2) is 0 Å². The first-order chi connectivity index (χ1) is 12.5. The van der Waals surface area contributed by atoms with E-state index in [0.29, 0.717) is 26.3 Å². The van der Waals surface area contributed by atoms with Gasteiger partial charge in [-0.05, 0) is 42.8 Å². The average Bonchev–Trinajstić information content (AvgIpc) is 3.11. The maximum absolute atomic E-state index is 12.5. The quantitative estimate of drug-likeness (QED) is 0.824. The first kappa shape index (κ1) is 18.3. The summed E-state index contributed by atoms with van der Waals surface area (Å²) < 4.78 is 16.6. The van der Waals surface area contributed by atoms with Crippen LogP contribution in [0.2, 0.25) is 0 Å². The van der Waals surface area contributed by atoms with Crippen LogP contribution >= 0.6 is 0 Å². The molecule has 0 aliphatic carbocycles. The topological polar surface area (TPSA) is 63.9 Å². The first-order valence-electron chi connectivity index (χ1n) is 8.93. The number of carbonyl (C=O) groups excluding carboxylic acids is 1. The smallest absolute Gasteiger partial charge is 0.234 e. The van der Waals surface area contributed by atoms with Crippen LogP contribution in [0.4, 0.5) is 0 Å². The molecule has 0 radical (unpaired) electrons. The number of benzene rings is 1. The summed E-state index contributed by atoms with van der Waals surface area (Å²) in [5.74, 6) is 2.56. The highest BCUT2D eigenvalue weighted by Gasteiger charge is 2.22. The number of furan rings is 1. The molecule has 0 fully saturated rings. The molecule has 1 aliphatic rings. The van der Waals surface area contributed by atoms with Crippen LogP contribution in [0.15, 0.2) is 41.0 Å². The number of nitrogens with one attached hydrogen (secondary N) is 1. The van der Waals surface area contributed by atoms with Crippen molar-refractivity contribution in [1.82, 2.24) is 10.2 Å². The highest BCUT2D eigenvalue weighted by atomic mass is 16.6. The minimum atomic E-state index is -0.0876. The Kier molecular flexibility index (Phi) is 5.83. The minimum absolute atomic E-state index is 0.0207. The molecule has 0 unspecified atom stereocenters. The van der Waals surface area contributed by atoms with Crippen molar-refractivity contribution in [3.05, 3.63) is 47.9 Å². The number of likely N-dealkylation sites (N-methyl/N-ethyl adjacent to an activating group) is 1. The van der Waals surface area contributed by atoms with Crippen molar-refractivity contribution in [3.8, 4) is 11.5 Å². The summed E-state index contributed by atoms with van der Waals surface area (Å²) in [4.78, 5) is 14.4. The van der Waals surface area contributed by atoms with Crippen LogP contribution in [0.1, 0.15) is 31.2 Å². The molecule has 1 aromatic heterocycles. The molecule has 0 spiro atoms. The summed E-state index contributed by atoms with van der Waals surface area (Å²) in [6.45, 7) is 6.19. The zero-order valence-corrected chi connectivity index (χ0v) is 15.5. The predicted molar refractivity (Wildman–Crippen MR) is 98.2 cm³/mol. The minimum Gasteiger partial charge on any atom is -0.486 e. The summed E-state index contributed by atoms with van der Waals surface area (Å²) in [7, 11) is 1.90. The lowest BCUT2D eigenvalue weighted by molar-refractivity contribution is -0.123. The van der Waals surface area contributed by atoms with E-state index in [1.807, 2.05) is 42.3 Å². The number of hydrogen-bond donors (Lipinski definition) is 1. The van der Waals surface area contributed by atoms with Crippen LogP contribution in [0.3, 0.4) is 0 Å². The van der Waals surface area contributed by atoms with E-state index in [0.717, 1.165) is 22.8 Å². The Morgan fingerprint density at radius 1 is 1.19 bits per heavy atom. The van der Waals surface area contributed by atoms with E-state index in [1.54, 1.807) is 6.26 Å².